The van der Waals surface area contributed by atoms with E-state index in [1.165, 1.54) is 12.8 Å². The molecule has 1 aliphatic carbocycles. The lowest BCUT2D eigenvalue weighted by Gasteiger charge is -2.27. The summed E-state index contributed by atoms with van der Waals surface area (Å²) in [5.41, 5.74) is 2.24. The van der Waals surface area contributed by atoms with Crippen molar-refractivity contribution in [3.8, 4) is 5.75 Å². The molecule has 1 aliphatic rings. The van der Waals surface area contributed by atoms with Gasteiger partial charge in [-0.3, -0.25) is 9.69 Å². The zero-order chi connectivity index (χ0) is 14.5. The smallest absolute Gasteiger partial charge is 0.317 e. The molecular formula is C16H23NO3. The number of carboxylic acids is 1. The second-order valence-electron chi connectivity index (χ2n) is 5.54. The summed E-state index contributed by atoms with van der Waals surface area (Å²) in [7, 11) is 1.66. The van der Waals surface area contributed by atoms with Crippen molar-refractivity contribution in [1.29, 1.82) is 0 Å². The van der Waals surface area contributed by atoms with Gasteiger partial charge in [-0.05, 0) is 37.0 Å². The van der Waals surface area contributed by atoms with Crippen LogP contribution in [-0.4, -0.2) is 35.7 Å². The quantitative estimate of drug-likeness (QED) is 0.868. The molecule has 0 spiro atoms. The molecule has 0 unspecified atom stereocenters. The Morgan fingerprint density at radius 3 is 2.65 bits per heavy atom. The molecule has 20 heavy (non-hydrogen) atoms. The summed E-state index contributed by atoms with van der Waals surface area (Å²) in [6.07, 6.45) is 4.65. The molecule has 1 aromatic carbocycles. The largest absolute Gasteiger partial charge is 0.496 e. The van der Waals surface area contributed by atoms with E-state index >= 15 is 0 Å². The molecule has 110 valence electrons. The Morgan fingerprint density at radius 2 is 2.10 bits per heavy atom. The van der Waals surface area contributed by atoms with Crippen molar-refractivity contribution >= 4 is 5.97 Å². The molecule has 0 amide bonds. The van der Waals surface area contributed by atoms with Gasteiger partial charge >= 0.3 is 5.97 Å². The summed E-state index contributed by atoms with van der Waals surface area (Å²) >= 11 is 0. The average molecular weight is 277 g/mol. The first-order valence-electron chi connectivity index (χ1n) is 7.19. The van der Waals surface area contributed by atoms with Gasteiger partial charge in [0.1, 0.15) is 5.75 Å². The van der Waals surface area contributed by atoms with Gasteiger partial charge in [-0.2, -0.15) is 0 Å². The highest BCUT2D eigenvalue weighted by Crippen LogP contribution is 2.26. The molecule has 0 bridgehead atoms. The molecule has 1 saturated carbocycles. The Labute approximate surface area is 120 Å². The van der Waals surface area contributed by atoms with E-state index in [1.54, 1.807) is 7.11 Å². The summed E-state index contributed by atoms with van der Waals surface area (Å²) in [6.45, 7) is 2.83. The van der Waals surface area contributed by atoms with Crippen LogP contribution in [0.5, 0.6) is 5.75 Å². The van der Waals surface area contributed by atoms with Gasteiger partial charge in [-0.1, -0.05) is 25.0 Å². The molecule has 4 heteroatoms. The summed E-state index contributed by atoms with van der Waals surface area (Å²) < 4.78 is 5.26. The number of carboxylic acid groups (broad SMARTS) is 1. The number of benzene rings is 1. The molecule has 0 aliphatic heterocycles. The maximum atomic E-state index is 11.1. The third-order valence-electron chi connectivity index (χ3n) is 4.02. The second-order valence-corrected chi connectivity index (χ2v) is 5.54. The minimum Gasteiger partial charge on any atom is -0.496 e. The van der Waals surface area contributed by atoms with E-state index in [4.69, 9.17) is 9.84 Å². The summed E-state index contributed by atoms with van der Waals surface area (Å²) in [6, 6.07) is 6.48. The van der Waals surface area contributed by atoms with E-state index < -0.39 is 5.97 Å². The van der Waals surface area contributed by atoms with Crippen LogP contribution in [0.25, 0.3) is 0 Å². The van der Waals surface area contributed by atoms with Gasteiger partial charge in [0.05, 0.1) is 13.7 Å². The van der Waals surface area contributed by atoms with Crippen LogP contribution >= 0.6 is 0 Å². The first-order chi connectivity index (χ1) is 9.60. The maximum absolute atomic E-state index is 11.1. The first-order valence-corrected chi connectivity index (χ1v) is 7.19. The zero-order valence-electron chi connectivity index (χ0n) is 12.3. The number of methoxy groups -OCH3 is 1. The molecule has 1 fully saturated rings. The van der Waals surface area contributed by atoms with Crippen LogP contribution in [0.15, 0.2) is 18.2 Å². The van der Waals surface area contributed by atoms with Crippen LogP contribution in [0.3, 0.4) is 0 Å². The Kier molecular flexibility index (Phi) is 5.01. The van der Waals surface area contributed by atoms with Gasteiger partial charge in [0.25, 0.3) is 0 Å². The van der Waals surface area contributed by atoms with E-state index in [0.717, 1.165) is 29.7 Å². The number of ether oxygens (including phenoxy) is 1. The van der Waals surface area contributed by atoms with Crippen LogP contribution in [0.4, 0.5) is 0 Å². The lowest BCUT2D eigenvalue weighted by Crippen LogP contribution is -2.37. The third-order valence-corrected chi connectivity index (χ3v) is 4.02. The number of carbonyl (C=O) groups is 1. The summed E-state index contributed by atoms with van der Waals surface area (Å²) in [5, 5.41) is 9.10. The molecule has 0 heterocycles. The van der Waals surface area contributed by atoms with Crippen molar-refractivity contribution in [2.24, 2.45) is 0 Å². The number of hydrogen-bond acceptors (Lipinski definition) is 3. The standard InChI is InChI=1S/C16H23NO3/c1-12-9-13(7-8-15(12)20-2)10-17(11-16(18)19)14-5-3-4-6-14/h7-9,14H,3-6,10-11H2,1-2H3,(H,18,19). The number of aryl methyl sites for hydroxylation is 1. The van der Waals surface area contributed by atoms with E-state index in [1.807, 2.05) is 19.1 Å². The van der Waals surface area contributed by atoms with Gasteiger partial charge < -0.3 is 9.84 Å². The lowest BCUT2D eigenvalue weighted by atomic mass is 10.1. The second kappa shape index (κ2) is 6.75. The molecule has 0 saturated heterocycles. The van der Waals surface area contributed by atoms with Crippen LogP contribution in [0, 0.1) is 6.92 Å². The highest BCUT2D eigenvalue weighted by molar-refractivity contribution is 5.69. The van der Waals surface area contributed by atoms with Crippen molar-refractivity contribution < 1.29 is 14.6 Å². The molecule has 0 atom stereocenters. The topological polar surface area (TPSA) is 49.8 Å². The molecule has 2 rings (SSSR count). The Morgan fingerprint density at radius 1 is 1.40 bits per heavy atom. The number of hydrogen-bond donors (Lipinski definition) is 1. The highest BCUT2D eigenvalue weighted by atomic mass is 16.5. The van der Waals surface area contributed by atoms with E-state index in [-0.39, 0.29) is 6.54 Å². The normalized spacial score (nSPS) is 15.8. The predicted octanol–water partition coefficient (Wildman–Crippen LogP) is 2.83. The number of aliphatic carboxylic acids is 1. The Bertz CT molecular complexity index is 467. The van der Waals surface area contributed by atoms with Crippen LogP contribution in [-0.2, 0) is 11.3 Å². The number of rotatable bonds is 6. The third kappa shape index (κ3) is 3.73. The van der Waals surface area contributed by atoms with Crippen molar-refractivity contribution in [2.45, 2.75) is 45.2 Å². The predicted molar refractivity (Wildman–Crippen MR) is 78.0 cm³/mol. The minimum atomic E-state index is -0.748. The molecule has 1 N–H and O–H groups in total. The van der Waals surface area contributed by atoms with Crippen LogP contribution in [0.2, 0.25) is 0 Å². The fraction of sp³-hybridized carbons (Fsp3) is 0.562. The lowest BCUT2D eigenvalue weighted by molar-refractivity contribution is -0.139. The molecule has 0 radical (unpaired) electrons. The van der Waals surface area contributed by atoms with Crippen molar-refractivity contribution in [2.75, 3.05) is 13.7 Å². The SMILES string of the molecule is COc1ccc(CN(CC(=O)O)C2CCCC2)cc1C. The molecule has 4 nitrogen and oxygen atoms in total. The maximum Gasteiger partial charge on any atom is 0.317 e. The Hall–Kier alpha value is -1.55. The van der Waals surface area contributed by atoms with Gasteiger partial charge in [-0.15, -0.1) is 0 Å². The summed E-state index contributed by atoms with van der Waals surface area (Å²) in [5.74, 6) is 0.126. The fourth-order valence-corrected chi connectivity index (χ4v) is 3.03. The van der Waals surface area contributed by atoms with Gasteiger partial charge in [0.2, 0.25) is 0 Å². The Balaban J connectivity index is 2.10. The van der Waals surface area contributed by atoms with E-state index in [9.17, 15) is 4.79 Å². The van der Waals surface area contributed by atoms with Crippen LogP contribution in [0.1, 0.15) is 36.8 Å². The molecular weight excluding hydrogens is 254 g/mol. The monoisotopic (exact) mass is 277 g/mol. The van der Waals surface area contributed by atoms with Gasteiger partial charge in [0.15, 0.2) is 0 Å². The fourth-order valence-electron chi connectivity index (χ4n) is 3.03. The summed E-state index contributed by atoms with van der Waals surface area (Å²) in [4.78, 5) is 13.2. The van der Waals surface area contributed by atoms with Crippen molar-refractivity contribution in [3.05, 3.63) is 29.3 Å². The minimum absolute atomic E-state index is 0.121. The van der Waals surface area contributed by atoms with E-state index in [0.29, 0.717) is 12.6 Å². The van der Waals surface area contributed by atoms with Crippen molar-refractivity contribution in [3.63, 3.8) is 0 Å². The average Bonchev–Trinajstić information content (AvgIpc) is 2.91. The van der Waals surface area contributed by atoms with Crippen molar-refractivity contribution in [1.82, 2.24) is 4.90 Å². The van der Waals surface area contributed by atoms with E-state index in [2.05, 4.69) is 11.0 Å². The van der Waals surface area contributed by atoms with Gasteiger partial charge in [-0.25, -0.2) is 0 Å². The zero-order valence-corrected chi connectivity index (χ0v) is 12.3. The molecule has 1 aromatic rings. The molecule has 0 aromatic heterocycles. The van der Waals surface area contributed by atoms with Gasteiger partial charge in [0, 0.05) is 12.6 Å². The first kappa shape index (κ1) is 14.9. The van der Waals surface area contributed by atoms with Crippen LogP contribution < -0.4 is 4.74 Å². The number of nitrogens with zero attached hydrogens (tertiary/aromatic N) is 1. The highest BCUT2D eigenvalue weighted by Gasteiger charge is 2.24.